The minimum Gasteiger partial charge on any atom is -0.423 e. The van der Waals surface area contributed by atoms with Crippen LogP contribution < -0.4 is 10.9 Å². The fourth-order valence-electron chi connectivity index (χ4n) is 2.15. The van der Waals surface area contributed by atoms with Crippen LogP contribution in [0.2, 0.25) is 0 Å². The van der Waals surface area contributed by atoms with E-state index >= 15 is 0 Å². The summed E-state index contributed by atoms with van der Waals surface area (Å²) in [5, 5.41) is 0. The second kappa shape index (κ2) is 3.97. The van der Waals surface area contributed by atoms with Crippen molar-refractivity contribution >= 4 is 17.8 Å². The Morgan fingerprint density at radius 2 is 1.82 bits per heavy atom. The number of halogens is 2. The van der Waals surface area contributed by atoms with Crippen LogP contribution in [-0.2, 0) is 11.3 Å². The van der Waals surface area contributed by atoms with Crippen LogP contribution in [0.3, 0.4) is 0 Å². The SMILES string of the molecule is Fc1cccc(B2OCc3ccc(F)cc32)c1. The minimum absolute atomic E-state index is 0.296. The van der Waals surface area contributed by atoms with E-state index in [9.17, 15) is 8.78 Å². The van der Waals surface area contributed by atoms with Crippen molar-refractivity contribution in [3.05, 3.63) is 59.7 Å². The Bertz CT molecular complexity index is 571. The minimum atomic E-state index is -0.364. The molecule has 0 saturated heterocycles. The summed E-state index contributed by atoms with van der Waals surface area (Å²) in [7, 11) is 0. The van der Waals surface area contributed by atoms with Crippen molar-refractivity contribution < 1.29 is 13.4 Å². The van der Waals surface area contributed by atoms with E-state index < -0.39 is 0 Å². The third-order valence-corrected chi connectivity index (χ3v) is 2.95. The topological polar surface area (TPSA) is 9.23 Å². The molecule has 0 radical (unpaired) electrons. The van der Waals surface area contributed by atoms with Gasteiger partial charge in [-0.15, -0.1) is 0 Å². The number of benzene rings is 2. The molecule has 2 aromatic carbocycles. The largest absolute Gasteiger partial charge is 0.423 e. The highest BCUT2D eigenvalue weighted by molar-refractivity contribution is 6.81. The van der Waals surface area contributed by atoms with Crippen LogP contribution in [0.25, 0.3) is 0 Å². The predicted octanol–water partition coefficient (Wildman–Crippen LogP) is 1.60. The molecule has 0 amide bonds. The summed E-state index contributed by atoms with van der Waals surface area (Å²) >= 11 is 0. The highest BCUT2D eigenvalue weighted by atomic mass is 19.1. The average Bonchev–Trinajstić information content (AvgIpc) is 2.71. The van der Waals surface area contributed by atoms with E-state index in [1.54, 1.807) is 18.2 Å². The number of hydrogen-bond acceptors (Lipinski definition) is 1. The zero-order chi connectivity index (χ0) is 11.8. The van der Waals surface area contributed by atoms with Crippen LogP contribution in [0.15, 0.2) is 42.5 Å². The third kappa shape index (κ3) is 1.85. The molecule has 17 heavy (non-hydrogen) atoms. The van der Waals surface area contributed by atoms with Crippen LogP contribution in [0.1, 0.15) is 5.56 Å². The molecule has 4 heteroatoms. The van der Waals surface area contributed by atoms with Crippen molar-refractivity contribution in [2.24, 2.45) is 0 Å². The first-order valence-corrected chi connectivity index (χ1v) is 5.39. The quantitative estimate of drug-likeness (QED) is 0.676. The zero-order valence-electron chi connectivity index (χ0n) is 8.99. The van der Waals surface area contributed by atoms with E-state index in [2.05, 4.69) is 0 Å². The Morgan fingerprint density at radius 3 is 2.65 bits per heavy atom. The van der Waals surface area contributed by atoms with Gasteiger partial charge in [0, 0.05) is 0 Å². The van der Waals surface area contributed by atoms with Crippen LogP contribution in [0.4, 0.5) is 8.78 Å². The molecule has 0 N–H and O–H groups in total. The monoisotopic (exact) mass is 230 g/mol. The maximum atomic E-state index is 13.2. The maximum absolute atomic E-state index is 13.2. The number of fused-ring (bicyclic) bond motifs is 1. The van der Waals surface area contributed by atoms with Crippen molar-refractivity contribution in [3.63, 3.8) is 0 Å². The number of hydrogen-bond donors (Lipinski definition) is 0. The molecule has 0 spiro atoms. The normalized spacial score (nSPS) is 13.9. The second-order valence-corrected chi connectivity index (χ2v) is 4.09. The van der Waals surface area contributed by atoms with E-state index in [-0.39, 0.29) is 18.6 Å². The molecule has 0 atom stereocenters. The van der Waals surface area contributed by atoms with Gasteiger partial charge in [0.2, 0.25) is 0 Å². The van der Waals surface area contributed by atoms with E-state index in [0.717, 1.165) is 11.0 Å². The summed E-state index contributed by atoms with van der Waals surface area (Å²) in [6.07, 6.45) is 0. The molecule has 1 heterocycles. The zero-order valence-corrected chi connectivity index (χ0v) is 8.99. The number of rotatable bonds is 1. The molecule has 2 aromatic rings. The lowest BCUT2D eigenvalue weighted by molar-refractivity contribution is 0.337. The molecule has 0 aromatic heterocycles. The van der Waals surface area contributed by atoms with Gasteiger partial charge in [0.25, 0.3) is 0 Å². The van der Waals surface area contributed by atoms with Gasteiger partial charge >= 0.3 is 6.92 Å². The summed E-state index contributed by atoms with van der Waals surface area (Å²) in [5.74, 6) is -0.605. The van der Waals surface area contributed by atoms with Crippen LogP contribution in [-0.4, -0.2) is 6.92 Å². The molecule has 0 saturated carbocycles. The van der Waals surface area contributed by atoms with Crippen molar-refractivity contribution in [3.8, 4) is 0 Å². The van der Waals surface area contributed by atoms with Crippen molar-refractivity contribution in [2.45, 2.75) is 6.61 Å². The van der Waals surface area contributed by atoms with Gasteiger partial charge in [0.15, 0.2) is 0 Å². The average molecular weight is 230 g/mol. The lowest BCUT2D eigenvalue weighted by atomic mass is 9.56. The van der Waals surface area contributed by atoms with Crippen molar-refractivity contribution in [2.75, 3.05) is 0 Å². The van der Waals surface area contributed by atoms with Crippen LogP contribution in [0.5, 0.6) is 0 Å². The van der Waals surface area contributed by atoms with Gasteiger partial charge in [-0.05, 0) is 40.8 Å². The molecule has 84 valence electrons. The molecule has 0 bridgehead atoms. The predicted molar refractivity (Wildman–Crippen MR) is 62.6 cm³/mol. The van der Waals surface area contributed by atoms with Crippen molar-refractivity contribution in [1.82, 2.24) is 0 Å². The molecular weight excluding hydrogens is 221 g/mol. The Labute approximate surface area is 98.1 Å². The highest BCUT2D eigenvalue weighted by Crippen LogP contribution is 2.12. The standard InChI is InChI=1S/C13H9BF2O/c15-11-3-1-2-10(6-11)14-13-7-12(16)5-4-9(13)8-17-14/h1-7H,8H2. The Morgan fingerprint density at radius 1 is 1.00 bits per heavy atom. The smallest absolute Gasteiger partial charge is 0.362 e. The summed E-state index contributed by atoms with van der Waals surface area (Å²) in [6, 6.07) is 10.8. The second-order valence-electron chi connectivity index (χ2n) is 4.09. The van der Waals surface area contributed by atoms with Gasteiger partial charge in [-0.1, -0.05) is 18.2 Å². The lowest BCUT2D eigenvalue weighted by Crippen LogP contribution is -2.41. The molecule has 1 aliphatic rings. The van der Waals surface area contributed by atoms with Gasteiger partial charge < -0.3 is 4.65 Å². The third-order valence-electron chi connectivity index (χ3n) is 2.95. The highest BCUT2D eigenvalue weighted by Gasteiger charge is 2.30. The fraction of sp³-hybridized carbons (Fsp3) is 0.0769. The lowest BCUT2D eigenvalue weighted by Gasteiger charge is -2.07. The summed E-state index contributed by atoms with van der Waals surface area (Å²) in [5.41, 5.74) is 2.46. The first-order valence-electron chi connectivity index (χ1n) is 5.39. The summed E-state index contributed by atoms with van der Waals surface area (Å²) in [6.45, 7) is 0.0768. The molecule has 3 rings (SSSR count). The summed E-state index contributed by atoms with van der Waals surface area (Å²) in [4.78, 5) is 0. The van der Waals surface area contributed by atoms with Crippen LogP contribution >= 0.6 is 0 Å². The molecular formula is C13H9BF2O. The van der Waals surface area contributed by atoms with E-state index in [4.69, 9.17) is 4.65 Å². The maximum Gasteiger partial charge on any atom is 0.362 e. The molecule has 0 aliphatic carbocycles. The van der Waals surface area contributed by atoms with Gasteiger partial charge in [-0.2, -0.15) is 0 Å². The molecule has 1 aliphatic heterocycles. The van der Waals surface area contributed by atoms with Gasteiger partial charge in [0.1, 0.15) is 11.6 Å². The van der Waals surface area contributed by atoms with Crippen LogP contribution in [0, 0.1) is 11.6 Å². The van der Waals surface area contributed by atoms with Gasteiger partial charge in [-0.3, -0.25) is 0 Å². The van der Waals surface area contributed by atoms with E-state index in [1.165, 1.54) is 24.3 Å². The van der Waals surface area contributed by atoms with E-state index in [1.807, 2.05) is 0 Å². The fourth-order valence-corrected chi connectivity index (χ4v) is 2.15. The van der Waals surface area contributed by atoms with Gasteiger partial charge in [-0.25, -0.2) is 8.78 Å². The first-order chi connectivity index (χ1) is 8.24. The Hall–Kier alpha value is -1.68. The molecule has 0 fully saturated rings. The Kier molecular flexibility index (Phi) is 2.44. The summed E-state index contributed by atoms with van der Waals surface area (Å²) < 4.78 is 31.9. The Balaban J connectivity index is 2.06. The van der Waals surface area contributed by atoms with E-state index in [0.29, 0.717) is 12.1 Å². The molecule has 0 unspecified atom stereocenters. The van der Waals surface area contributed by atoms with Gasteiger partial charge in [0.05, 0.1) is 6.61 Å². The molecule has 1 nitrogen and oxygen atoms in total. The van der Waals surface area contributed by atoms with Crippen molar-refractivity contribution in [1.29, 1.82) is 0 Å². The first kappa shape index (κ1) is 10.5.